The lowest BCUT2D eigenvalue weighted by molar-refractivity contribution is 0.210. The number of benzene rings is 2. The van der Waals surface area contributed by atoms with Crippen molar-refractivity contribution in [3.05, 3.63) is 73.3 Å². The van der Waals surface area contributed by atoms with Crippen LogP contribution in [0.5, 0.6) is 0 Å². The second-order valence-corrected chi connectivity index (χ2v) is 11.6. The van der Waals surface area contributed by atoms with Crippen LogP contribution >= 0.6 is 0 Å². The van der Waals surface area contributed by atoms with Gasteiger partial charge >= 0.3 is 0 Å². The molecule has 1 fully saturated rings. The molecule has 2 aromatic rings. The highest BCUT2D eigenvalue weighted by Gasteiger charge is 2.61. The minimum atomic E-state index is -4.24. The number of aliphatic hydroxyl groups excluding tert-OH is 1. The molecule has 0 spiro atoms. The molecule has 2 aromatic carbocycles. The average Bonchev–Trinajstić information content (AvgIpc) is 3.11. The van der Waals surface area contributed by atoms with Crippen LogP contribution in [0.2, 0.25) is 0 Å². The smallest absolute Gasteiger partial charge is 0.198 e. The largest absolute Gasteiger partial charge is 0.396 e. The summed E-state index contributed by atoms with van der Waals surface area (Å²) in [6.45, 7) is 3.42. The van der Waals surface area contributed by atoms with Crippen molar-refractivity contribution in [1.82, 2.24) is 0 Å². The molecule has 27 heavy (non-hydrogen) atoms. The highest BCUT2D eigenvalue weighted by molar-refractivity contribution is 8.10. The lowest BCUT2D eigenvalue weighted by Gasteiger charge is -2.29. The molecular weight excluding hydrogens is 384 g/mol. The van der Waals surface area contributed by atoms with Gasteiger partial charge in [0, 0.05) is 6.61 Å². The van der Waals surface area contributed by atoms with E-state index < -0.39 is 35.6 Å². The Morgan fingerprint density at radius 3 is 1.67 bits per heavy atom. The van der Waals surface area contributed by atoms with Crippen LogP contribution in [0.3, 0.4) is 0 Å². The minimum Gasteiger partial charge on any atom is -0.396 e. The normalized spacial score (nSPS) is 22.4. The van der Waals surface area contributed by atoms with Gasteiger partial charge in [-0.25, -0.2) is 16.8 Å². The standard InChI is InChI=1S/C20H22O5S2/c1-2-16-13-20(14-17(16)15-21,26(22,23)18-9-5-3-6-10-18)27(24,25)19-11-7-4-8-12-19/h2-12,16-17,21H,1,13-15H2/t16-,17+/m0/s1. The molecule has 5 nitrogen and oxygen atoms in total. The third kappa shape index (κ3) is 3.03. The Morgan fingerprint density at radius 2 is 1.33 bits per heavy atom. The van der Waals surface area contributed by atoms with Crippen LogP contribution in [-0.2, 0) is 19.7 Å². The van der Waals surface area contributed by atoms with Gasteiger partial charge in [-0.2, -0.15) is 0 Å². The predicted octanol–water partition coefficient (Wildman–Crippen LogP) is 2.84. The molecular formula is C20H22O5S2. The van der Waals surface area contributed by atoms with Gasteiger partial charge in [-0.15, -0.1) is 6.58 Å². The number of aliphatic hydroxyl groups is 1. The fraction of sp³-hybridized carbons (Fsp3) is 0.300. The third-order valence-electron chi connectivity index (χ3n) is 5.35. The van der Waals surface area contributed by atoms with Crippen molar-refractivity contribution in [3.63, 3.8) is 0 Å². The topological polar surface area (TPSA) is 88.5 Å². The van der Waals surface area contributed by atoms with Crippen LogP contribution in [0.1, 0.15) is 12.8 Å². The quantitative estimate of drug-likeness (QED) is 0.745. The fourth-order valence-corrected chi connectivity index (χ4v) is 9.16. The van der Waals surface area contributed by atoms with Gasteiger partial charge in [0.25, 0.3) is 0 Å². The van der Waals surface area contributed by atoms with E-state index in [1.165, 1.54) is 24.3 Å². The molecule has 1 aliphatic carbocycles. The molecule has 0 radical (unpaired) electrons. The predicted molar refractivity (Wildman–Crippen MR) is 103 cm³/mol. The fourth-order valence-electron chi connectivity index (χ4n) is 3.85. The van der Waals surface area contributed by atoms with E-state index >= 15 is 0 Å². The molecule has 0 aromatic heterocycles. The summed E-state index contributed by atoms with van der Waals surface area (Å²) in [5.41, 5.74) is 0. The van der Waals surface area contributed by atoms with Gasteiger partial charge in [0.1, 0.15) is 0 Å². The Balaban J connectivity index is 2.28. The van der Waals surface area contributed by atoms with Gasteiger partial charge < -0.3 is 5.11 Å². The van der Waals surface area contributed by atoms with Gasteiger partial charge in [-0.1, -0.05) is 42.5 Å². The first-order chi connectivity index (χ1) is 12.8. The first-order valence-corrected chi connectivity index (χ1v) is 11.6. The number of allylic oxidation sites excluding steroid dienone is 1. The van der Waals surface area contributed by atoms with E-state index in [2.05, 4.69) is 6.58 Å². The Bertz CT molecular complexity index is 943. The van der Waals surface area contributed by atoms with E-state index in [1.807, 2.05) is 0 Å². The Hall–Kier alpha value is -1.96. The summed E-state index contributed by atoms with van der Waals surface area (Å²) in [4.78, 5) is -0.0724. The zero-order valence-corrected chi connectivity index (χ0v) is 16.4. The van der Waals surface area contributed by atoms with E-state index in [0.29, 0.717) is 0 Å². The Kier molecular flexibility index (Phi) is 5.29. The number of hydrogen-bond donors (Lipinski definition) is 1. The van der Waals surface area contributed by atoms with Crippen molar-refractivity contribution in [2.24, 2.45) is 11.8 Å². The second kappa shape index (κ2) is 7.22. The summed E-state index contributed by atoms with van der Waals surface area (Å²) in [6, 6.07) is 15.3. The van der Waals surface area contributed by atoms with Gasteiger partial charge in [0.2, 0.25) is 0 Å². The van der Waals surface area contributed by atoms with Crippen LogP contribution in [0.25, 0.3) is 0 Å². The summed E-state index contributed by atoms with van der Waals surface area (Å²) >= 11 is 0. The third-order valence-corrected chi connectivity index (χ3v) is 11.1. The zero-order chi connectivity index (χ0) is 19.7. The molecule has 0 saturated heterocycles. The van der Waals surface area contributed by atoms with Crippen molar-refractivity contribution in [3.8, 4) is 0 Å². The van der Waals surface area contributed by atoms with Gasteiger partial charge in [0.05, 0.1) is 9.79 Å². The van der Waals surface area contributed by atoms with Crippen molar-refractivity contribution in [2.45, 2.75) is 26.7 Å². The molecule has 0 aliphatic heterocycles. The van der Waals surface area contributed by atoms with Crippen LogP contribution in [0.4, 0.5) is 0 Å². The van der Waals surface area contributed by atoms with E-state index in [0.717, 1.165) is 0 Å². The van der Waals surface area contributed by atoms with Gasteiger partial charge in [0.15, 0.2) is 23.8 Å². The molecule has 0 heterocycles. The van der Waals surface area contributed by atoms with Crippen molar-refractivity contribution >= 4 is 19.7 Å². The van der Waals surface area contributed by atoms with Crippen molar-refractivity contribution in [1.29, 1.82) is 0 Å². The van der Waals surface area contributed by atoms with E-state index in [-0.39, 0.29) is 29.2 Å². The van der Waals surface area contributed by atoms with Gasteiger partial charge in [-0.05, 0) is 48.9 Å². The van der Waals surface area contributed by atoms with E-state index in [9.17, 15) is 21.9 Å². The first kappa shape index (κ1) is 19.8. The lowest BCUT2D eigenvalue weighted by Crippen LogP contribution is -2.44. The van der Waals surface area contributed by atoms with Crippen LogP contribution in [0, 0.1) is 11.8 Å². The molecule has 0 unspecified atom stereocenters. The van der Waals surface area contributed by atoms with E-state index in [4.69, 9.17) is 0 Å². The number of rotatable bonds is 6. The monoisotopic (exact) mass is 406 g/mol. The highest BCUT2D eigenvalue weighted by atomic mass is 32.3. The number of sulfone groups is 2. The minimum absolute atomic E-state index is 0.0362. The highest BCUT2D eigenvalue weighted by Crippen LogP contribution is 2.52. The van der Waals surface area contributed by atoms with Crippen LogP contribution in [-0.4, -0.2) is 32.6 Å². The SMILES string of the molecule is C=C[C@H]1CC(S(=O)(=O)c2ccccc2)(S(=O)(=O)c2ccccc2)C[C@@H]1CO. The maximum absolute atomic E-state index is 13.6. The molecule has 0 amide bonds. The Morgan fingerprint density at radius 1 is 0.889 bits per heavy atom. The first-order valence-electron chi connectivity index (χ1n) is 8.63. The van der Waals surface area contributed by atoms with E-state index in [1.54, 1.807) is 42.5 Å². The maximum atomic E-state index is 13.6. The maximum Gasteiger partial charge on any atom is 0.198 e. The zero-order valence-electron chi connectivity index (χ0n) is 14.7. The van der Waals surface area contributed by atoms with Crippen LogP contribution in [0.15, 0.2) is 83.1 Å². The summed E-state index contributed by atoms with van der Waals surface area (Å²) in [5.74, 6) is -0.897. The lowest BCUT2D eigenvalue weighted by atomic mass is 9.97. The molecule has 2 atom stereocenters. The van der Waals surface area contributed by atoms with Crippen LogP contribution < -0.4 is 0 Å². The molecule has 7 heteroatoms. The molecule has 0 bridgehead atoms. The molecule has 1 N–H and O–H groups in total. The van der Waals surface area contributed by atoms with Crippen molar-refractivity contribution < 1.29 is 21.9 Å². The van der Waals surface area contributed by atoms with Gasteiger partial charge in [-0.3, -0.25) is 0 Å². The summed E-state index contributed by atoms with van der Waals surface area (Å²) in [5, 5.41) is 9.73. The second-order valence-electron chi connectivity index (χ2n) is 6.79. The number of hydrogen-bond acceptors (Lipinski definition) is 5. The summed E-state index contributed by atoms with van der Waals surface area (Å²) in [6.07, 6.45) is 1.24. The summed E-state index contributed by atoms with van der Waals surface area (Å²) in [7, 11) is -8.48. The molecule has 3 rings (SSSR count). The average molecular weight is 407 g/mol. The Labute approximate surface area is 160 Å². The van der Waals surface area contributed by atoms with Crippen molar-refractivity contribution in [2.75, 3.05) is 6.61 Å². The summed E-state index contributed by atoms with van der Waals surface area (Å²) < 4.78 is 52.4. The molecule has 1 aliphatic rings. The molecule has 1 saturated carbocycles. The molecule has 144 valence electrons.